The van der Waals surface area contributed by atoms with Crippen LogP contribution in [0.3, 0.4) is 0 Å². The maximum absolute atomic E-state index is 12.8. The molecule has 0 fully saturated rings. The fourth-order valence-corrected chi connectivity index (χ4v) is 2.98. The lowest BCUT2D eigenvalue weighted by Gasteiger charge is -2.09. The molecule has 1 N–H and O–H groups in total. The predicted octanol–water partition coefficient (Wildman–Crippen LogP) is 3.88. The maximum atomic E-state index is 12.8. The van der Waals surface area contributed by atoms with Crippen molar-refractivity contribution >= 4 is 5.91 Å². The van der Waals surface area contributed by atoms with Crippen molar-refractivity contribution in [1.82, 2.24) is 20.1 Å². The molecule has 8 heteroatoms. The smallest absolute Gasteiger partial charge is 0.352 e. The lowest BCUT2D eigenvalue weighted by Crippen LogP contribution is -2.26. The van der Waals surface area contributed by atoms with Crippen molar-refractivity contribution in [3.05, 3.63) is 76.7 Å². The van der Waals surface area contributed by atoms with Gasteiger partial charge in [-0.2, -0.15) is 18.3 Å². The van der Waals surface area contributed by atoms with Crippen LogP contribution in [0.1, 0.15) is 32.9 Å². The van der Waals surface area contributed by atoms with Crippen molar-refractivity contribution in [2.75, 3.05) is 6.54 Å². The highest BCUT2D eigenvalue weighted by atomic mass is 19.4. The summed E-state index contributed by atoms with van der Waals surface area (Å²) < 4.78 is 40.1. The Morgan fingerprint density at radius 2 is 1.93 bits per heavy atom. The lowest BCUT2D eigenvalue weighted by atomic mass is 10.1. The van der Waals surface area contributed by atoms with E-state index in [0.29, 0.717) is 12.2 Å². The summed E-state index contributed by atoms with van der Waals surface area (Å²) in [5.74, 6) is 0.154. The van der Waals surface area contributed by atoms with E-state index in [2.05, 4.69) is 15.4 Å². The number of carbonyl (C=O) groups is 1. The summed E-state index contributed by atoms with van der Waals surface area (Å²) in [7, 11) is 0. The zero-order chi connectivity index (χ0) is 20.3. The Kier molecular flexibility index (Phi) is 5.48. The lowest BCUT2D eigenvalue weighted by molar-refractivity contribution is -0.137. The van der Waals surface area contributed by atoms with E-state index in [1.807, 2.05) is 32.0 Å². The standard InChI is InChI=1S/C20H19F3N4O/c1-13-17(14(2)27(26-13)18-8-3-4-10-24-18)9-11-25-19(28)15-6-5-7-16(12-15)20(21,22)23/h3-8,10,12H,9,11H2,1-2H3,(H,25,28). The summed E-state index contributed by atoms with van der Waals surface area (Å²) in [5.41, 5.74) is 1.83. The Labute approximate surface area is 160 Å². The monoisotopic (exact) mass is 388 g/mol. The van der Waals surface area contributed by atoms with E-state index in [1.165, 1.54) is 12.1 Å². The van der Waals surface area contributed by atoms with E-state index in [-0.39, 0.29) is 12.1 Å². The molecule has 2 heterocycles. The van der Waals surface area contributed by atoms with Crippen LogP contribution in [0.2, 0.25) is 0 Å². The molecule has 28 heavy (non-hydrogen) atoms. The fourth-order valence-electron chi connectivity index (χ4n) is 2.98. The number of pyridine rings is 1. The summed E-state index contributed by atoms with van der Waals surface area (Å²) in [6.45, 7) is 4.07. The summed E-state index contributed by atoms with van der Waals surface area (Å²) in [6, 6.07) is 9.91. The topological polar surface area (TPSA) is 59.8 Å². The van der Waals surface area contributed by atoms with Crippen molar-refractivity contribution in [3.63, 3.8) is 0 Å². The molecule has 0 spiro atoms. The van der Waals surface area contributed by atoms with Crippen LogP contribution in [-0.4, -0.2) is 27.2 Å². The van der Waals surface area contributed by atoms with Gasteiger partial charge in [-0.15, -0.1) is 0 Å². The third-order valence-electron chi connectivity index (χ3n) is 4.42. The molecule has 0 aliphatic rings. The van der Waals surface area contributed by atoms with Gasteiger partial charge in [0.15, 0.2) is 5.82 Å². The molecule has 0 saturated carbocycles. The van der Waals surface area contributed by atoms with Crippen LogP contribution in [0.15, 0.2) is 48.7 Å². The quantitative estimate of drug-likeness (QED) is 0.722. The van der Waals surface area contributed by atoms with E-state index in [4.69, 9.17) is 0 Å². The fraction of sp³-hybridized carbons (Fsp3) is 0.250. The minimum Gasteiger partial charge on any atom is -0.352 e. The normalized spacial score (nSPS) is 11.5. The van der Waals surface area contributed by atoms with Crippen LogP contribution in [0.25, 0.3) is 5.82 Å². The van der Waals surface area contributed by atoms with Gasteiger partial charge in [0.1, 0.15) is 0 Å². The number of rotatable bonds is 5. The highest BCUT2D eigenvalue weighted by Gasteiger charge is 2.30. The number of amides is 1. The number of aromatic nitrogens is 3. The molecule has 1 amide bonds. The van der Waals surface area contributed by atoms with Crippen molar-refractivity contribution < 1.29 is 18.0 Å². The first kappa shape index (κ1) is 19.6. The second-order valence-corrected chi connectivity index (χ2v) is 6.33. The Morgan fingerprint density at radius 1 is 1.14 bits per heavy atom. The minimum atomic E-state index is -4.48. The summed E-state index contributed by atoms with van der Waals surface area (Å²) in [5, 5.41) is 7.16. The molecule has 3 aromatic rings. The number of halogens is 3. The molecular weight excluding hydrogens is 369 g/mol. The van der Waals surface area contributed by atoms with Crippen LogP contribution in [0.5, 0.6) is 0 Å². The zero-order valence-electron chi connectivity index (χ0n) is 15.4. The zero-order valence-corrected chi connectivity index (χ0v) is 15.4. The predicted molar refractivity (Wildman–Crippen MR) is 98.3 cm³/mol. The number of nitrogens with one attached hydrogen (secondary N) is 1. The number of carbonyl (C=O) groups excluding carboxylic acids is 1. The summed E-state index contributed by atoms with van der Waals surface area (Å²) in [6.07, 6.45) is -2.29. The van der Waals surface area contributed by atoms with Gasteiger partial charge in [-0.25, -0.2) is 9.67 Å². The number of aryl methyl sites for hydroxylation is 1. The van der Waals surface area contributed by atoms with Gasteiger partial charge < -0.3 is 5.32 Å². The first-order valence-corrected chi connectivity index (χ1v) is 8.69. The molecular formula is C20H19F3N4O. The molecule has 0 aliphatic carbocycles. The number of alkyl halides is 3. The van der Waals surface area contributed by atoms with Gasteiger partial charge in [0.05, 0.1) is 11.3 Å². The van der Waals surface area contributed by atoms with E-state index in [9.17, 15) is 18.0 Å². The van der Waals surface area contributed by atoms with Gasteiger partial charge in [-0.3, -0.25) is 4.79 Å². The van der Waals surface area contributed by atoms with Gasteiger partial charge in [0, 0.05) is 24.0 Å². The molecule has 5 nitrogen and oxygen atoms in total. The number of nitrogens with zero attached hydrogens (tertiary/aromatic N) is 3. The Balaban J connectivity index is 1.67. The molecule has 0 atom stereocenters. The van der Waals surface area contributed by atoms with E-state index >= 15 is 0 Å². The van der Waals surface area contributed by atoms with Crippen molar-refractivity contribution in [1.29, 1.82) is 0 Å². The average molecular weight is 388 g/mol. The first-order valence-electron chi connectivity index (χ1n) is 8.69. The molecule has 3 rings (SSSR count). The maximum Gasteiger partial charge on any atom is 0.416 e. The van der Waals surface area contributed by atoms with Crippen LogP contribution >= 0.6 is 0 Å². The van der Waals surface area contributed by atoms with E-state index in [1.54, 1.807) is 10.9 Å². The van der Waals surface area contributed by atoms with Gasteiger partial charge >= 0.3 is 6.18 Å². The number of benzene rings is 1. The van der Waals surface area contributed by atoms with Crippen molar-refractivity contribution in [2.24, 2.45) is 0 Å². The average Bonchev–Trinajstić information content (AvgIpc) is 2.96. The molecule has 0 bridgehead atoms. The Morgan fingerprint density at radius 3 is 2.61 bits per heavy atom. The highest BCUT2D eigenvalue weighted by Crippen LogP contribution is 2.29. The minimum absolute atomic E-state index is 0.0209. The van der Waals surface area contributed by atoms with Gasteiger partial charge in [-0.1, -0.05) is 12.1 Å². The Bertz CT molecular complexity index is 981. The van der Waals surface area contributed by atoms with Crippen LogP contribution < -0.4 is 5.32 Å². The second kappa shape index (κ2) is 7.84. The van der Waals surface area contributed by atoms with Crippen LogP contribution in [-0.2, 0) is 12.6 Å². The van der Waals surface area contributed by atoms with Gasteiger partial charge in [0.2, 0.25) is 0 Å². The Hall–Kier alpha value is -3.16. The van der Waals surface area contributed by atoms with E-state index < -0.39 is 17.6 Å². The summed E-state index contributed by atoms with van der Waals surface area (Å²) >= 11 is 0. The third kappa shape index (κ3) is 4.21. The largest absolute Gasteiger partial charge is 0.416 e. The molecule has 0 radical (unpaired) electrons. The first-order chi connectivity index (χ1) is 13.3. The van der Waals surface area contributed by atoms with Crippen molar-refractivity contribution in [2.45, 2.75) is 26.4 Å². The van der Waals surface area contributed by atoms with Gasteiger partial charge in [-0.05, 0) is 56.2 Å². The third-order valence-corrected chi connectivity index (χ3v) is 4.42. The molecule has 0 unspecified atom stereocenters. The van der Waals surface area contributed by atoms with E-state index in [0.717, 1.165) is 29.1 Å². The number of hydrogen-bond donors (Lipinski definition) is 1. The molecule has 0 aliphatic heterocycles. The van der Waals surface area contributed by atoms with Gasteiger partial charge in [0.25, 0.3) is 5.91 Å². The summed E-state index contributed by atoms with van der Waals surface area (Å²) in [4.78, 5) is 16.5. The molecule has 0 saturated heterocycles. The van der Waals surface area contributed by atoms with Crippen LogP contribution in [0.4, 0.5) is 13.2 Å². The van der Waals surface area contributed by atoms with Crippen LogP contribution in [0, 0.1) is 13.8 Å². The van der Waals surface area contributed by atoms with Crippen molar-refractivity contribution in [3.8, 4) is 5.82 Å². The number of hydrogen-bond acceptors (Lipinski definition) is 3. The SMILES string of the molecule is Cc1nn(-c2ccccn2)c(C)c1CCNC(=O)c1cccc(C(F)(F)F)c1. The molecule has 146 valence electrons. The molecule has 1 aromatic carbocycles. The molecule has 2 aromatic heterocycles. The highest BCUT2D eigenvalue weighted by molar-refractivity contribution is 5.94. The second-order valence-electron chi connectivity index (χ2n) is 6.33.